The predicted octanol–water partition coefficient (Wildman–Crippen LogP) is 8.75. The van der Waals surface area contributed by atoms with Gasteiger partial charge in [0.1, 0.15) is 12.4 Å². The second-order valence-electron chi connectivity index (χ2n) is 15.0. The molecule has 1 rings (SSSR count). The average Bonchev–Trinajstić information content (AvgIpc) is 3.44. The van der Waals surface area contributed by atoms with Crippen molar-refractivity contribution in [2.75, 3.05) is 26.4 Å². The predicted molar refractivity (Wildman–Crippen MR) is 221 cm³/mol. The Kier molecular flexibility index (Phi) is 31.2. The standard InChI is InChI=1S/C43H76NO11P/c1-3-5-7-8-9-10-11-12-13-14-15-16-17-18-24-28-43(49)55-37(35-54-56(50,51)53-32-31-44)34-52-42(48)27-23-20-19-22-26-38-39(41(47)33-40(38)46)30-29-36(45)25-21-6-4-2/h9-10,12-13,29-30,36-40,45-46H,3-8,11,14-28,31-35,44H2,1-2H3,(H,50,51)/b10-9-,13-12-,30-29+/t36-,37+,38+,39+,40-/m0/s1. The second kappa shape index (κ2) is 33.8. The van der Waals surface area contributed by atoms with Gasteiger partial charge in [-0.3, -0.25) is 23.4 Å². The van der Waals surface area contributed by atoms with Gasteiger partial charge in [0.15, 0.2) is 6.10 Å². The van der Waals surface area contributed by atoms with Crippen LogP contribution in [0.4, 0.5) is 0 Å². The van der Waals surface area contributed by atoms with E-state index < -0.39 is 44.7 Å². The molecule has 0 aliphatic heterocycles. The Morgan fingerprint density at radius 2 is 1.43 bits per heavy atom. The fourth-order valence-corrected chi connectivity index (χ4v) is 7.39. The highest BCUT2D eigenvalue weighted by atomic mass is 31.2. The summed E-state index contributed by atoms with van der Waals surface area (Å²) in [6.45, 7) is 3.31. The van der Waals surface area contributed by atoms with E-state index in [2.05, 4.69) is 38.2 Å². The van der Waals surface area contributed by atoms with Crippen LogP contribution >= 0.6 is 7.82 Å². The van der Waals surface area contributed by atoms with E-state index in [9.17, 15) is 34.1 Å². The summed E-state index contributed by atoms with van der Waals surface area (Å²) in [6.07, 6.45) is 29.3. The molecule has 1 aliphatic rings. The lowest BCUT2D eigenvalue weighted by atomic mass is 9.88. The molecule has 1 fully saturated rings. The van der Waals surface area contributed by atoms with Crippen LogP contribution < -0.4 is 5.73 Å². The number of phosphoric ester groups is 1. The first-order valence-corrected chi connectivity index (χ1v) is 23.1. The third-order valence-corrected chi connectivity index (χ3v) is 10.9. The summed E-state index contributed by atoms with van der Waals surface area (Å²) in [5.74, 6) is -1.57. The van der Waals surface area contributed by atoms with Gasteiger partial charge in [-0.05, 0) is 63.7 Å². The van der Waals surface area contributed by atoms with Crippen LogP contribution in [-0.2, 0) is 37.5 Å². The summed E-state index contributed by atoms with van der Waals surface area (Å²) in [4.78, 5) is 47.5. The number of nitrogens with two attached hydrogens (primary N) is 1. The number of hydrogen-bond acceptors (Lipinski definition) is 11. The molecule has 0 radical (unpaired) electrons. The molecule has 1 unspecified atom stereocenters. The van der Waals surface area contributed by atoms with Gasteiger partial charge >= 0.3 is 19.8 Å². The first kappa shape index (κ1) is 51.8. The molecule has 0 amide bonds. The monoisotopic (exact) mass is 814 g/mol. The number of unbranched alkanes of at least 4 members (excludes halogenated alkanes) is 13. The van der Waals surface area contributed by atoms with Gasteiger partial charge in [-0.15, -0.1) is 0 Å². The van der Waals surface area contributed by atoms with E-state index in [1.54, 1.807) is 12.2 Å². The van der Waals surface area contributed by atoms with Crippen molar-refractivity contribution in [3.63, 3.8) is 0 Å². The van der Waals surface area contributed by atoms with E-state index in [1.807, 2.05) is 0 Å². The average molecular weight is 814 g/mol. The van der Waals surface area contributed by atoms with E-state index in [0.29, 0.717) is 25.7 Å². The van der Waals surface area contributed by atoms with Crippen LogP contribution in [0.25, 0.3) is 0 Å². The fourth-order valence-electron chi connectivity index (χ4n) is 6.63. The summed E-state index contributed by atoms with van der Waals surface area (Å²) in [5, 5.41) is 20.7. The number of aliphatic hydroxyl groups is 2. The summed E-state index contributed by atoms with van der Waals surface area (Å²) in [7, 11) is -4.44. The maximum Gasteiger partial charge on any atom is 0.472 e. The van der Waals surface area contributed by atoms with Gasteiger partial charge in [0.25, 0.3) is 0 Å². The van der Waals surface area contributed by atoms with Crippen molar-refractivity contribution in [3.05, 3.63) is 36.5 Å². The number of esters is 2. The van der Waals surface area contributed by atoms with Gasteiger partial charge < -0.3 is 30.3 Å². The quantitative estimate of drug-likeness (QED) is 0.0204. The van der Waals surface area contributed by atoms with Crippen molar-refractivity contribution in [2.24, 2.45) is 17.6 Å². The van der Waals surface area contributed by atoms with Crippen molar-refractivity contribution in [1.29, 1.82) is 0 Å². The molecule has 5 N–H and O–H groups in total. The van der Waals surface area contributed by atoms with Crippen LogP contribution in [0.5, 0.6) is 0 Å². The number of carbonyl (C=O) groups excluding carboxylic acids is 3. The van der Waals surface area contributed by atoms with E-state index in [1.165, 1.54) is 19.3 Å². The maximum atomic E-state index is 12.6. The molecular weight excluding hydrogens is 737 g/mol. The zero-order chi connectivity index (χ0) is 41.3. The molecule has 56 heavy (non-hydrogen) atoms. The number of carbonyl (C=O) groups is 3. The lowest BCUT2D eigenvalue weighted by Crippen LogP contribution is -2.29. The molecule has 0 aromatic heterocycles. The Balaban J connectivity index is 2.39. The topological polar surface area (TPSA) is 192 Å². The number of rotatable bonds is 36. The van der Waals surface area contributed by atoms with Gasteiger partial charge in [0, 0.05) is 31.7 Å². The normalized spacial score (nSPS) is 19.6. The lowest BCUT2D eigenvalue weighted by Gasteiger charge is -2.20. The molecule has 0 spiro atoms. The first-order chi connectivity index (χ1) is 27.0. The number of ketones is 1. The molecule has 0 bridgehead atoms. The van der Waals surface area contributed by atoms with Crippen molar-refractivity contribution < 1.29 is 52.6 Å². The summed E-state index contributed by atoms with van der Waals surface area (Å²) in [5.41, 5.74) is 5.34. The SMILES string of the molecule is CCCCC/C=C\C/C=C\CCCCCCCC(=O)O[C@H](COC(=O)CCCCCC[C@H]1[C@@H](O)CC(=O)[C@@H]1/C=C/[C@@H](O)CCCCC)COP(=O)(O)OCCN. The summed E-state index contributed by atoms with van der Waals surface area (Å²) >= 11 is 0. The number of allylic oxidation sites excluding steroid dienone is 5. The Morgan fingerprint density at radius 1 is 0.821 bits per heavy atom. The molecular formula is C43H76NO11P. The highest BCUT2D eigenvalue weighted by Crippen LogP contribution is 2.43. The van der Waals surface area contributed by atoms with Crippen LogP contribution in [0.2, 0.25) is 0 Å². The molecule has 0 aromatic carbocycles. The van der Waals surface area contributed by atoms with Crippen LogP contribution in [0.15, 0.2) is 36.5 Å². The van der Waals surface area contributed by atoms with E-state index in [0.717, 1.165) is 83.5 Å². The second-order valence-corrected chi connectivity index (χ2v) is 16.4. The van der Waals surface area contributed by atoms with Crippen LogP contribution in [0, 0.1) is 11.8 Å². The van der Waals surface area contributed by atoms with Crippen molar-refractivity contribution in [1.82, 2.24) is 0 Å². The number of aliphatic hydroxyl groups excluding tert-OH is 2. The smallest absolute Gasteiger partial charge is 0.462 e. The Labute approximate surface area is 337 Å². The zero-order valence-electron chi connectivity index (χ0n) is 34.6. The molecule has 324 valence electrons. The van der Waals surface area contributed by atoms with Gasteiger partial charge in [-0.25, -0.2) is 4.57 Å². The third-order valence-electron chi connectivity index (χ3n) is 9.91. The first-order valence-electron chi connectivity index (χ1n) is 21.6. The maximum absolute atomic E-state index is 12.6. The van der Waals surface area contributed by atoms with Gasteiger partial charge in [-0.2, -0.15) is 0 Å². The van der Waals surface area contributed by atoms with E-state index in [-0.39, 0.29) is 56.6 Å². The van der Waals surface area contributed by atoms with Crippen LogP contribution in [-0.4, -0.2) is 77.5 Å². The highest BCUT2D eigenvalue weighted by molar-refractivity contribution is 7.47. The van der Waals surface area contributed by atoms with Gasteiger partial charge in [-0.1, -0.05) is 121 Å². The summed E-state index contributed by atoms with van der Waals surface area (Å²) < 4.78 is 32.7. The molecule has 0 aromatic rings. The summed E-state index contributed by atoms with van der Waals surface area (Å²) in [6, 6.07) is 0. The third kappa shape index (κ3) is 27.5. The minimum Gasteiger partial charge on any atom is -0.462 e. The van der Waals surface area contributed by atoms with E-state index >= 15 is 0 Å². The molecule has 1 aliphatic carbocycles. The Morgan fingerprint density at radius 3 is 2.11 bits per heavy atom. The fraction of sp³-hybridized carbons (Fsp3) is 0.791. The molecule has 6 atom stereocenters. The van der Waals surface area contributed by atoms with Crippen molar-refractivity contribution in [3.8, 4) is 0 Å². The van der Waals surface area contributed by atoms with E-state index in [4.69, 9.17) is 24.3 Å². The minimum atomic E-state index is -4.44. The Bertz CT molecular complexity index is 1180. The number of Topliss-reactive ketones (excluding diaryl/α,β-unsaturated/α-hetero) is 1. The van der Waals surface area contributed by atoms with Crippen LogP contribution in [0.1, 0.15) is 162 Å². The number of ether oxygens (including phenoxy) is 2. The van der Waals surface area contributed by atoms with Gasteiger partial charge in [0.2, 0.25) is 0 Å². The lowest BCUT2D eigenvalue weighted by molar-refractivity contribution is -0.161. The van der Waals surface area contributed by atoms with Crippen molar-refractivity contribution in [2.45, 2.75) is 180 Å². The zero-order valence-corrected chi connectivity index (χ0v) is 35.5. The van der Waals surface area contributed by atoms with Crippen molar-refractivity contribution >= 4 is 25.5 Å². The largest absolute Gasteiger partial charge is 0.472 e. The minimum absolute atomic E-state index is 0.00283. The molecule has 0 saturated heterocycles. The number of hydrogen-bond donors (Lipinski definition) is 4. The molecule has 12 nitrogen and oxygen atoms in total. The van der Waals surface area contributed by atoms with Crippen LogP contribution in [0.3, 0.4) is 0 Å². The molecule has 13 heteroatoms. The molecule has 0 heterocycles. The Hall–Kier alpha value is -2.18. The molecule has 1 saturated carbocycles. The highest BCUT2D eigenvalue weighted by Gasteiger charge is 2.39. The number of phosphoric acid groups is 1. The van der Waals surface area contributed by atoms with Gasteiger partial charge in [0.05, 0.1) is 25.4 Å².